The van der Waals surface area contributed by atoms with Crippen molar-refractivity contribution in [1.29, 1.82) is 0 Å². The lowest BCUT2D eigenvalue weighted by Gasteiger charge is -2.07. The molecule has 0 aliphatic carbocycles. The first-order valence-electron chi connectivity index (χ1n) is 4.58. The summed E-state index contributed by atoms with van der Waals surface area (Å²) >= 11 is 3.93. The lowest BCUT2D eigenvalue weighted by atomic mass is 10.3. The fraction of sp³-hybridized carbons (Fsp3) is 0. The summed E-state index contributed by atoms with van der Waals surface area (Å²) in [5.41, 5.74) is 0. The van der Waals surface area contributed by atoms with Crippen LogP contribution >= 0.6 is 12.6 Å². The average Bonchev–Trinajstić information content (AvgIpc) is 2.25. The van der Waals surface area contributed by atoms with Crippen LogP contribution in [0.15, 0.2) is 47.4 Å². The molecule has 0 aliphatic heterocycles. The Bertz CT molecular complexity index is 514. The molecule has 4 heteroatoms. The third kappa shape index (κ3) is 2.33. The molecule has 0 saturated carbocycles. The summed E-state index contributed by atoms with van der Waals surface area (Å²) in [7, 11) is 0. The van der Waals surface area contributed by atoms with Crippen LogP contribution in [0.5, 0.6) is 11.5 Å². The predicted molar refractivity (Wildman–Crippen MR) is 60.1 cm³/mol. The number of rotatable bonds is 2. The predicted octanol–water partition coefficient (Wildman–Crippen LogP) is 4.05. The third-order valence-electron chi connectivity index (χ3n) is 1.97. The van der Waals surface area contributed by atoms with E-state index in [2.05, 4.69) is 12.6 Å². The number of halogens is 2. The van der Waals surface area contributed by atoms with Crippen LogP contribution in [0.2, 0.25) is 0 Å². The van der Waals surface area contributed by atoms with Crippen molar-refractivity contribution in [3.63, 3.8) is 0 Å². The van der Waals surface area contributed by atoms with Gasteiger partial charge in [0.05, 0.1) is 0 Å². The van der Waals surface area contributed by atoms with Gasteiger partial charge >= 0.3 is 0 Å². The lowest BCUT2D eigenvalue weighted by molar-refractivity contribution is 0.432. The van der Waals surface area contributed by atoms with Crippen molar-refractivity contribution < 1.29 is 13.5 Å². The van der Waals surface area contributed by atoms with Crippen molar-refractivity contribution in [2.45, 2.75) is 4.90 Å². The molecule has 0 amide bonds. The van der Waals surface area contributed by atoms with Gasteiger partial charge in [0.25, 0.3) is 0 Å². The van der Waals surface area contributed by atoms with E-state index >= 15 is 0 Å². The molecular weight excluding hydrogens is 230 g/mol. The first-order valence-corrected chi connectivity index (χ1v) is 5.02. The molecule has 0 atom stereocenters. The molecule has 2 aromatic carbocycles. The maximum atomic E-state index is 13.5. The summed E-state index contributed by atoms with van der Waals surface area (Å²) in [5.74, 6) is -0.717. The minimum atomic E-state index is -0.560. The van der Waals surface area contributed by atoms with Crippen molar-refractivity contribution in [2.75, 3.05) is 0 Å². The Kier molecular flexibility index (Phi) is 3.10. The van der Waals surface area contributed by atoms with Gasteiger partial charge in [-0.2, -0.15) is 0 Å². The van der Waals surface area contributed by atoms with Crippen molar-refractivity contribution in [1.82, 2.24) is 0 Å². The smallest absolute Gasteiger partial charge is 0.178 e. The molecule has 0 N–H and O–H groups in total. The molecule has 0 fully saturated rings. The second kappa shape index (κ2) is 4.53. The third-order valence-corrected chi connectivity index (χ3v) is 2.31. The summed E-state index contributed by atoms with van der Waals surface area (Å²) in [6.07, 6.45) is 0. The lowest BCUT2D eigenvalue weighted by Crippen LogP contribution is -1.89. The average molecular weight is 238 g/mol. The first-order chi connectivity index (χ1) is 7.66. The SMILES string of the molecule is Fc1cccc(Oc2cccc(S)c2F)c1. The van der Waals surface area contributed by atoms with Crippen LogP contribution in [-0.2, 0) is 0 Å². The highest BCUT2D eigenvalue weighted by Gasteiger charge is 2.07. The standard InChI is InChI=1S/C12H8F2OS/c13-8-3-1-4-9(7-8)15-10-5-2-6-11(16)12(10)14/h1-7,16H. The molecule has 0 heterocycles. The Morgan fingerprint density at radius 2 is 1.75 bits per heavy atom. The molecule has 0 spiro atoms. The van der Waals surface area contributed by atoms with E-state index in [-0.39, 0.29) is 16.4 Å². The minimum Gasteiger partial charge on any atom is -0.454 e. The molecule has 0 radical (unpaired) electrons. The summed E-state index contributed by atoms with van der Waals surface area (Å²) in [6, 6.07) is 10.1. The zero-order valence-corrected chi connectivity index (χ0v) is 9.05. The van der Waals surface area contributed by atoms with Gasteiger partial charge in [-0.25, -0.2) is 8.78 Å². The molecule has 0 bridgehead atoms. The fourth-order valence-electron chi connectivity index (χ4n) is 1.24. The van der Waals surface area contributed by atoms with Crippen molar-refractivity contribution >= 4 is 12.6 Å². The van der Waals surface area contributed by atoms with Crippen LogP contribution in [0, 0.1) is 11.6 Å². The van der Waals surface area contributed by atoms with Gasteiger partial charge in [-0.3, -0.25) is 0 Å². The number of ether oxygens (including phenoxy) is 1. The molecule has 0 unspecified atom stereocenters. The van der Waals surface area contributed by atoms with E-state index in [1.54, 1.807) is 12.1 Å². The second-order valence-corrected chi connectivity index (χ2v) is 3.63. The van der Waals surface area contributed by atoms with E-state index < -0.39 is 11.6 Å². The number of thiol groups is 1. The van der Waals surface area contributed by atoms with Crippen LogP contribution in [0.3, 0.4) is 0 Å². The zero-order chi connectivity index (χ0) is 11.5. The van der Waals surface area contributed by atoms with Crippen molar-refractivity contribution in [2.24, 2.45) is 0 Å². The number of hydrogen-bond acceptors (Lipinski definition) is 2. The second-order valence-electron chi connectivity index (χ2n) is 3.15. The van der Waals surface area contributed by atoms with Gasteiger partial charge in [-0.15, -0.1) is 12.6 Å². The molecule has 2 rings (SSSR count). The van der Waals surface area contributed by atoms with Crippen LogP contribution in [0.4, 0.5) is 8.78 Å². The largest absolute Gasteiger partial charge is 0.454 e. The van der Waals surface area contributed by atoms with Gasteiger partial charge in [-0.1, -0.05) is 12.1 Å². The Morgan fingerprint density at radius 1 is 1.00 bits per heavy atom. The van der Waals surface area contributed by atoms with E-state index in [1.807, 2.05) is 0 Å². The molecule has 2 aromatic rings. The monoisotopic (exact) mass is 238 g/mol. The van der Waals surface area contributed by atoms with Crippen LogP contribution in [0.1, 0.15) is 0 Å². The van der Waals surface area contributed by atoms with Crippen molar-refractivity contribution in [3.05, 3.63) is 54.1 Å². The van der Waals surface area contributed by atoms with Gasteiger partial charge in [-0.05, 0) is 24.3 Å². The Balaban J connectivity index is 2.31. The fourth-order valence-corrected chi connectivity index (χ4v) is 1.43. The zero-order valence-electron chi connectivity index (χ0n) is 8.15. The molecule has 1 nitrogen and oxygen atoms in total. The maximum Gasteiger partial charge on any atom is 0.178 e. The topological polar surface area (TPSA) is 9.23 Å². The van der Waals surface area contributed by atoms with E-state index in [9.17, 15) is 8.78 Å². The van der Waals surface area contributed by atoms with Crippen LogP contribution in [-0.4, -0.2) is 0 Å². The Morgan fingerprint density at radius 3 is 2.50 bits per heavy atom. The van der Waals surface area contributed by atoms with E-state index in [0.29, 0.717) is 0 Å². The molecule has 16 heavy (non-hydrogen) atoms. The minimum absolute atomic E-state index is 0.0260. The molecule has 0 aromatic heterocycles. The van der Waals surface area contributed by atoms with Crippen LogP contribution in [0.25, 0.3) is 0 Å². The van der Waals surface area contributed by atoms with Gasteiger partial charge in [0, 0.05) is 11.0 Å². The van der Waals surface area contributed by atoms with E-state index in [4.69, 9.17) is 4.74 Å². The first kappa shape index (κ1) is 11.0. The van der Waals surface area contributed by atoms with Crippen molar-refractivity contribution in [3.8, 4) is 11.5 Å². The van der Waals surface area contributed by atoms with Gasteiger partial charge in [0.1, 0.15) is 11.6 Å². The Hall–Kier alpha value is -1.55. The summed E-state index contributed by atoms with van der Waals surface area (Å²) < 4.78 is 31.6. The summed E-state index contributed by atoms with van der Waals surface area (Å²) in [4.78, 5) is 0.189. The highest BCUT2D eigenvalue weighted by molar-refractivity contribution is 7.80. The molecule has 0 saturated heterocycles. The highest BCUT2D eigenvalue weighted by atomic mass is 32.1. The molecule has 82 valence electrons. The normalized spacial score (nSPS) is 10.2. The summed E-state index contributed by atoms with van der Waals surface area (Å²) in [6.45, 7) is 0. The van der Waals surface area contributed by atoms with E-state index in [1.165, 1.54) is 30.3 Å². The van der Waals surface area contributed by atoms with Gasteiger partial charge in [0.15, 0.2) is 11.6 Å². The summed E-state index contributed by atoms with van der Waals surface area (Å²) in [5, 5.41) is 0. The quantitative estimate of drug-likeness (QED) is 0.777. The van der Waals surface area contributed by atoms with Gasteiger partial charge < -0.3 is 4.74 Å². The maximum absolute atomic E-state index is 13.5. The Labute approximate surface area is 97.1 Å². The molecular formula is C12H8F2OS. The number of hydrogen-bond donors (Lipinski definition) is 1. The highest BCUT2D eigenvalue weighted by Crippen LogP contribution is 2.27. The van der Waals surface area contributed by atoms with E-state index in [0.717, 1.165) is 0 Å². The number of benzene rings is 2. The van der Waals surface area contributed by atoms with Gasteiger partial charge in [0.2, 0.25) is 0 Å². The van der Waals surface area contributed by atoms with Crippen LogP contribution < -0.4 is 4.74 Å². The molecule has 0 aliphatic rings.